The molecule has 0 fully saturated rings. The van der Waals surface area contributed by atoms with Gasteiger partial charge in [-0.1, -0.05) is 18.2 Å². The van der Waals surface area contributed by atoms with Crippen LogP contribution in [-0.2, 0) is 5.75 Å². The SMILES string of the molecule is O=C(O)c1cc(F)cc2[nH]c(CSc3ccccc3)nc12. The summed E-state index contributed by atoms with van der Waals surface area (Å²) in [6, 6.07) is 12.0. The van der Waals surface area contributed by atoms with Crippen molar-refractivity contribution in [3.63, 3.8) is 0 Å². The number of halogens is 1. The first-order valence-electron chi connectivity index (χ1n) is 6.23. The van der Waals surface area contributed by atoms with Crippen LogP contribution in [-0.4, -0.2) is 21.0 Å². The maximum absolute atomic E-state index is 13.4. The standard InChI is InChI=1S/C15H11FN2O2S/c16-9-6-11(15(19)20)14-12(7-9)17-13(18-14)8-21-10-4-2-1-3-5-10/h1-7H,8H2,(H,17,18)(H,19,20). The third-order valence-electron chi connectivity index (χ3n) is 2.95. The number of aromatic amines is 1. The molecular weight excluding hydrogens is 291 g/mol. The molecule has 0 saturated heterocycles. The number of thioether (sulfide) groups is 1. The number of carboxylic acid groups (broad SMARTS) is 1. The average Bonchev–Trinajstić information content (AvgIpc) is 2.87. The van der Waals surface area contributed by atoms with Crippen LogP contribution in [0.4, 0.5) is 4.39 Å². The van der Waals surface area contributed by atoms with Crippen molar-refractivity contribution in [2.45, 2.75) is 10.6 Å². The molecule has 6 heteroatoms. The third-order valence-corrected chi connectivity index (χ3v) is 3.97. The van der Waals surface area contributed by atoms with Gasteiger partial charge >= 0.3 is 5.97 Å². The van der Waals surface area contributed by atoms with Gasteiger partial charge in [-0.2, -0.15) is 0 Å². The first-order valence-corrected chi connectivity index (χ1v) is 7.21. The predicted octanol–water partition coefficient (Wildman–Crippen LogP) is 3.69. The van der Waals surface area contributed by atoms with Crippen LogP contribution in [0.3, 0.4) is 0 Å². The second-order valence-corrected chi connectivity index (χ2v) is 5.49. The minimum atomic E-state index is -1.19. The Labute approximate surface area is 124 Å². The normalized spacial score (nSPS) is 10.9. The summed E-state index contributed by atoms with van der Waals surface area (Å²) in [5, 5.41) is 9.10. The van der Waals surface area contributed by atoms with Crippen LogP contribution in [0.5, 0.6) is 0 Å². The molecule has 4 nitrogen and oxygen atoms in total. The number of H-pyrrole nitrogens is 1. The van der Waals surface area contributed by atoms with Gasteiger partial charge in [0.05, 0.1) is 16.8 Å². The van der Waals surface area contributed by atoms with E-state index < -0.39 is 11.8 Å². The van der Waals surface area contributed by atoms with Gasteiger partial charge in [-0.3, -0.25) is 0 Å². The van der Waals surface area contributed by atoms with Crippen LogP contribution >= 0.6 is 11.8 Å². The van der Waals surface area contributed by atoms with Crippen molar-refractivity contribution in [2.24, 2.45) is 0 Å². The number of fused-ring (bicyclic) bond motifs is 1. The number of nitrogens with one attached hydrogen (secondary N) is 1. The number of carboxylic acids is 1. The molecule has 0 aliphatic heterocycles. The fraction of sp³-hybridized carbons (Fsp3) is 0.0667. The largest absolute Gasteiger partial charge is 0.478 e. The molecule has 1 aromatic heterocycles. The maximum atomic E-state index is 13.4. The lowest BCUT2D eigenvalue weighted by Crippen LogP contribution is -1.98. The predicted molar refractivity (Wildman–Crippen MR) is 79.0 cm³/mol. The van der Waals surface area contributed by atoms with E-state index in [0.29, 0.717) is 17.1 Å². The van der Waals surface area contributed by atoms with Crippen molar-refractivity contribution >= 4 is 28.8 Å². The number of aromatic carboxylic acids is 1. The summed E-state index contributed by atoms with van der Waals surface area (Å²) in [5.74, 6) is -0.606. The lowest BCUT2D eigenvalue weighted by molar-refractivity contribution is 0.0698. The van der Waals surface area contributed by atoms with Gasteiger partial charge in [0.25, 0.3) is 0 Å². The van der Waals surface area contributed by atoms with E-state index in [4.69, 9.17) is 5.11 Å². The van der Waals surface area contributed by atoms with Crippen LogP contribution < -0.4 is 0 Å². The highest BCUT2D eigenvalue weighted by Gasteiger charge is 2.15. The number of aromatic nitrogens is 2. The van der Waals surface area contributed by atoms with Gasteiger partial charge < -0.3 is 10.1 Å². The van der Waals surface area contributed by atoms with Gasteiger partial charge in [0.2, 0.25) is 0 Å². The molecule has 0 bridgehead atoms. The summed E-state index contributed by atoms with van der Waals surface area (Å²) in [7, 11) is 0. The molecule has 3 rings (SSSR count). The number of nitrogens with zero attached hydrogens (tertiary/aromatic N) is 1. The Morgan fingerprint density at radius 2 is 2.05 bits per heavy atom. The lowest BCUT2D eigenvalue weighted by atomic mass is 10.2. The Morgan fingerprint density at radius 1 is 1.29 bits per heavy atom. The van der Waals surface area contributed by atoms with Crippen molar-refractivity contribution in [1.29, 1.82) is 0 Å². The number of benzene rings is 2. The van der Waals surface area contributed by atoms with Gasteiger partial charge in [0, 0.05) is 4.90 Å². The van der Waals surface area contributed by atoms with Crippen LogP contribution in [0.2, 0.25) is 0 Å². The van der Waals surface area contributed by atoms with E-state index in [1.165, 1.54) is 6.07 Å². The average molecular weight is 302 g/mol. The molecule has 0 unspecified atom stereocenters. The molecule has 0 aliphatic rings. The van der Waals surface area contributed by atoms with E-state index in [1.807, 2.05) is 30.3 Å². The summed E-state index contributed by atoms with van der Waals surface area (Å²) < 4.78 is 13.4. The number of imidazole rings is 1. The van der Waals surface area contributed by atoms with E-state index in [-0.39, 0.29) is 11.1 Å². The number of hydrogen-bond donors (Lipinski definition) is 2. The van der Waals surface area contributed by atoms with Crippen molar-refractivity contribution in [3.8, 4) is 0 Å². The van der Waals surface area contributed by atoms with E-state index in [0.717, 1.165) is 11.0 Å². The molecule has 3 aromatic rings. The van der Waals surface area contributed by atoms with Crippen LogP contribution in [0.15, 0.2) is 47.4 Å². The second kappa shape index (κ2) is 5.57. The van der Waals surface area contributed by atoms with Gasteiger partial charge in [-0.05, 0) is 24.3 Å². The topological polar surface area (TPSA) is 66.0 Å². The third kappa shape index (κ3) is 2.90. The van der Waals surface area contributed by atoms with E-state index in [9.17, 15) is 9.18 Å². The molecule has 0 aliphatic carbocycles. The van der Waals surface area contributed by atoms with Crippen molar-refractivity contribution in [1.82, 2.24) is 9.97 Å². The zero-order valence-corrected chi connectivity index (χ0v) is 11.7. The Kier molecular flexibility index (Phi) is 3.62. The molecule has 0 radical (unpaired) electrons. The highest BCUT2D eigenvalue weighted by molar-refractivity contribution is 7.98. The fourth-order valence-corrected chi connectivity index (χ4v) is 2.82. The monoisotopic (exact) mass is 302 g/mol. The molecule has 2 aromatic carbocycles. The van der Waals surface area contributed by atoms with Crippen molar-refractivity contribution in [3.05, 3.63) is 59.7 Å². The quantitative estimate of drug-likeness (QED) is 0.721. The first-order chi connectivity index (χ1) is 10.1. The highest BCUT2D eigenvalue weighted by atomic mass is 32.2. The molecule has 21 heavy (non-hydrogen) atoms. The molecule has 1 heterocycles. The Morgan fingerprint density at radius 3 is 2.76 bits per heavy atom. The number of hydrogen-bond acceptors (Lipinski definition) is 3. The van der Waals surface area contributed by atoms with Gasteiger partial charge in [-0.15, -0.1) is 11.8 Å². The fourth-order valence-electron chi connectivity index (χ4n) is 2.03. The van der Waals surface area contributed by atoms with E-state index in [2.05, 4.69) is 9.97 Å². The molecular formula is C15H11FN2O2S. The molecule has 0 saturated carbocycles. The summed E-state index contributed by atoms with van der Waals surface area (Å²) in [5.41, 5.74) is 0.556. The summed E-state index contributed by atoms with van der Waals surface area (Å²) in [6.07, 6.45) is 0. The van der Waals surface area contributed by atoms with Crippen molar-refractivity contribution < 1.29 is 14.3 Å². The molecule has 0 atom stereocenters. The van der Waals surface area contributed by atoms with Gasteiger partial charge in [0.1, 0.15) is 17.2 Å². The summed E-state index contributed by atoms with van der Waals surface area (Å²) in [4.78, 5) is 19.4. The van der Waals surface area contributed by atoms with Gasteiger partial charge in [-0.25, -0.2) is 14.2 Å². The lowest BCUT2D eigenvalue weighted by Gasteiger charge is -1.97. The van der Waals surface area contributed by atoms with Crippen LogP contribution in [0.1, 0.15) is 16.2 Å². The molecule has 0 spiro atoms. The highest BCUT2D eigenvalue weighted by Crippen LogP contribution is 2.24. The van der Waals surface area contributed by atoms with Crippen molar-refractivity contribution in [2.75, 3.05) is 0 Å². The zero-order valence-electron chi connectivity index (χ0n) is 10.8. The number of carbonyl (C=O) groups is 1. The minimum absolute atomic E-state index is 0.128. The smallest absolute Gasteiger partial charge is 0.338 e. The van der Waals surface area contributed by atoms with Crippen LogP contribution in [0.25, 0.3) is 11.0 Å². The zero-order chi connectivity index (χ0) is 14.8. The van der Waals surface area contributed by atoms with E-state index >= 15 is 0 Å². The Bertz CT molecular complexity index is 802. The Hall–Kier alpha value is -2.34. The Balaban J connectivity index is 1.90. The molecule has 106 valence electrons. The number of rotatable bonds is 4. The van der Waals surface area contributed by atoms with E-state index in [1.54, 1.807) is 11.8 Å². The summed E-state index contributed by atoms with van der Waals surface area (Å²) in [6.45, 7) is 0. The minimum Gasteiger partial charge on any atom is -0.478 e. The van der Waals surface area contributed by atoms with Crippen LogP contribution in [0, 0.1) is 5.82 Å². The molecule has 0 amide bonds. The maximum Gasteiger partial charge on any atom is 0.338 e. The molecule has 2 N–H and O–H groups in total. The second-order valence-electron chi connectivity index (χ2n) is 4.44. The van der Waals surface area contributed by atoms with Gasteiger partial charge in [0.15, 0.2) is 0 Å². The first kappa shape index (κ1) is 13.6. The summed E-state index contributed by atoms with van der Waals surface area (Å²) >= 11 is 1.57.